The molecule has 0 aromatic heterocycles. The molecular weight excluding hydrogens is 193 g/mol. The Morgan fingerprint density at radius 3 is 2.22 bits per heavy atom. The molecule has 1 fully saturated rings. The largest absolute Gasteiger partial charge is 3.00 e. The van der Waals surface area contributed by atoms with E-state index in [0.29, 0.717) is 13.3 Å². The van der Waals surface area contributed by atoms with Crippen LogP contribution >= 0.6 is 0 Å². The van der Waals surface area contributed by atoms with Gasteiger partial charge in [0.15, 0.2) is 0 Å². The van der Waals surface area contributed by atoms with Crippen LogP contribution in [0.4, 0.5) is 0 Å². The Labute approximate surface area is 79.8 Å². The molecule has 0 atom stereocenters. The first-order chi connectivity index (χ1) is 3.79. The first-order valence-electron chi connectivity index (χ1n) is 2.51. The van der Waals surface area contributed by atoms with Crippen molar-refractivity contribution in [1.82, 2.24) is 15.5 Å². The van der Waals surface area contributed by atoms with Gasteiger partial charge in [0.2, 0.25) is 0 Å². The minimum absolute atomic E-state index is 0. The molecule has 1 aliphatic rings. The van der Waals surface area contributed by atoms with Gasteiger partial charge in [0, 0.05) is 19.3 Å². The van der Waals surface area contributed by atoms with Crippen molar-refractivity contribution in [2.45, 2.75) is 0 Å². The average Bonchev–Trinajstić information content (AvgIpc) is 1.77. The average molecular weight is 202 g/mol. The third-order valence-corrected chi connectivity index (χ3v) is 1.03. The minimum atomic E-state index is 0. The van der Waals surface area contributed by atoms with Gasteiger partial charge in [-0.25, -0.2) is 0 Å². The van der Waals surface area contributed by atoms with Crippen molar-refractivity contribution in [3.63, 3.8) is 0 Å². The van der Waals surface area contributed by atoms with Crippen molar-refractivity contribution in [1.29, 1.82) is 0 Å². The van der Waals surface area contributed by atoms with E-state index in [1.54, 1.807) is 0 Å². The van der Waals surface area contributed by atoms with Crippen LogP contribution in [0.1, 0.15) is 0 Å². The third kappa shape index (κ3) is 3.13. The fourth-order valence-corrected chi connectivity index (χ4v) is 0.538. The van der Waals surface area contributed by atoms with E-state index in [1.807, 2.05) is 11.9 Å². The van der Waals surface area contributed by atoms with Gasteiger partial charge in [0.1, 0.15) is 0 Å². The monoisotopic (exact) mass is 202 g/mol. The summed E-state index contributed by atoms with van der Waals surface area (Å²) in [4.78, 5) is 2.00. The first-order valence-corrected chi connectivity index (χ1v) is 2.51. The van der Waals surface area contributed by atoms with Gasteiger partial charge in [-0.3, -0.25) is 4.90 Å². The van der Waals surface area contributed by atoms with Gasteiger partial charge in [0.25, 0.3) is 0 Å². The zero-order valence-electron chi connectivity index (χ0n) is 5.39. The van der Waals surface area contributed by atoms with Crippen molar-refractivity contribution in [2.75, 3.05) is 20.4 Å². The third-order valence-electron chi connectivity index (χ3n) is 1.03. The van der Waals surface area contributed by atoms with Crippen molar-refractivity contribution in [2.24, 2.45) is 0 Å². The molecule has 5 heteroatoms. The molecule has 0 aromatic rings. The van der Waals surface area contributed by atoms with Crippen LogP contribution in [0.15, 0.2) is 0 Å². The fourth-order valence-electron chi connectivity index (χ4n) is 0.538. The van der Waals surface area contributed by atoms with Crippen LogP contribution in [-0.2, 0) is 32.7 Å². The fraction of sp³-hybridized carbons (Fsp3) is 0.750. The predicted molar refractivity (Wildman–Crippen MR) is 32.1 cm³/mol. The summed E-state index contributed by atoms with van der Waals surface area (Å²) in [5.74, 6) is 0.170. The summed E-state index contributed by atoms with van der Waals surface area (Å²) in [7, 11) is 1.95. The Kier molecular flexibility index (Phi) is 4.35. The SMILES string of the molecule is CN1CNC(=[N-])NC1.[Y+3]. The standard InChI is InChI=1S/C4H9N4.Y/c1-8-2-6-4(5)7-3-8;/h2-3H2,1H3,(H2-,5,6,7);/q-1;+3. The molecule has 0 radical (unpaired) electrons. The van der Waals surface area contributed by atoms with Crippen LogP contribution in [0.2, 0.25) is 0 Å². The van der Waals surface area contributed by atoms with Crippen LogP contribution in [0.25, 0.3) is 5.41 Å². The summed E-state index contributed by atoms with van der Waals surface area (Å²) in [5, 5.41) is 14.1. The molecule has 0 aliphatic carbocycles. The Morgan fingerprint density at radius 1 is 1.44 bits per heavy atom. The molecule has 1 saturated heterocycles. The molecule has 0 unspecified atom stereocenters. The van der Waals surface area contributed by atoms with Crippen LogP contribution in [0, 0.1) is 0 Å². The second-order valence-corrected chi connectivity index (χ2v) is 1.87. The minimum Gasteiger partial charge on any atom is -0.427 e. The Hall–Kier alpha value is 0.334. The van der Waals surface area contributed by atoms with E-state index in [-0.39, 0.29) is 38.7 Å². The van der Waals surface area contributed by atoms with E-state index in [1.165, 1.54) is 0 Å². The maximum atomic E-state index is 8.69. The van der Waals surface area contributed by atoms with Gasteiger partial charge >= 0.3 is 32.7 Å². The molecule has 0 spiro atoms. The molecule has 2 N–H and O–H groups in total. The Bertz CT molecular complexity index is 94.7. The Morgan fingerprint density at radius 2 is 1.89 bits per heavy atom. The molecule has 1 aliphatic heterocycles. The maximum absolute atomic E-state index is 8.69. The topological polar surface area (TPSA) is 49.6 Å². The number of nitrogens with zero attached hydrogens (tertiary/aromatic N) is 2. The summed E-state index contributed by atoms with van der Waals surface area (Å²) in [6, 6.07) is 0. The predicted octanol–water partition coefficient (Wildman–Crippen LogP) is -1.05. The second-order valence-electron chi connectivity index (χ2n) is 1.87. The van der Waals surface area contributed by atoms with Crippen molar-refractivity contribution in [3.05, 3.63) is 5.41 Å². The number of rotatable bonds is 0. The summed E-state index contributed by atoms with van der Waals surface area (Å²) in [6.45, 7) is 1.41. The van der Waals surface area contributed by atoms with E-state index in [0.717, 1.165) is 0 Å². The summed E-state index contributed by atoms with van der Waals surface area (Å²) in [5.41, 5.74) is 0. The van der Waals surface area contributed by atoms with Crippen LogP contribution < -0.4 is 10.6 Å². The van der Waals surface area contributed by atoms with Crippen LogP contribution in [-0.4, -0.2) is 31.2 Å². The van der Waals surface area contributed by atoms with Crippen molar-refractivity contribution in [3.8, 4) is 0 Å². The molecule has 1 rings (SSSR count). The molecule has 0 amide bonds. The number of hydrogen-bond donors (Lipinski definition) is 2. The maximum Gasteiger partial charge on any atom is 3.00 e. The van der Waals surface area contributed by atoms with Gasteiger partial charge in [-0.15, -0.1) is 0 Å². The zero-order chi connectivity index (χ0) is 5.98. The van der Waals surface area contributed by atoms with Crippen molar-refractivity contribution >= 4 is 5.96 Å². The second kappa shape index (κ2) is 4.20. The molecule has 9 heavy (non-hydrogen) atoms. The number of hydrogen-bond acceptors (Lipinski definition) is 1. The van der Waals surface area contributed by atoms with E-state index >= 15 is 0 Å². The van der Waals surface area contributed by atoms with Gasteiger partial charge in [-0.2, -0.15) is 0 Å². The summed E-state index contributed by atoms with van der Waals surface area (Å²) >= 11 is 0. The first kappa shape index (κ1) is 9.33. The van der Waals surface area contributed by atoms with Gasteiger partial charge in [-0.05, 0) is 7.05 Å². The Balaban J connectivity index is 0.000000640. The molecular formula is C4H9N4Y+2. The number of nitrogens with one attached hydrogen (secondary N) is 2. The molecule has 46 valence electrons. The van der Waals surface area contributed by atoms with Crippen molar-refractivity contribution < 1.29 is 32.7 Å². The van der Waals surface area contributed by atoms with Gasteiger partial charge in [0.05, 0.1) is 0 Å². The number of guanidine groups is 1. The normalized spacial score (nSPS) is 19.4. The molecule has 0 saturated carbocycles. The van der Waals surface area contributed by atoms with Gasteiger partial charge in [-0.1, -0.05) is 0 Å². The molecule has 0 aromatic carbocycles. The molecule has 4 nitrogen and oxygen atoms in total. The van der Waals surface area contributed by atoms with E-state index in [2.05, 4.69) is 10.6 Å². The van der Waals surface area contributed by atoms with E-state index < -0.39 is 0 Å². The smallest absolute Gasteiger partial charge is 0.427 e. The van der Waals surface area contributed by atoms with E-state index in [9.17, 15) is 0 Å². The van der Waals surface area contributed by atoms with Crippen LogP contribution in [0.5, 0.6) is 0 Å². The van der Waals surface area contributed by atoms with E-state index in [4.69, 9.17) is 5.41 Å². The van der Waals surface area contributed by atoms with Gasteiger partial charge < -0.3 is 16.0 Å². The quantitative estimate of drug-likeness (QED) is 0.527. The summed E-state index contributed by atoms with van der Waals surface area (Å²) < 4.78 is 0. The zero-order valence-corrected chi connectivity index (χ0v) is 8.22. The molecule has 1 heterocycles. The summed E-state index contributed by atoms with van der Waals surface area (Å²) in [6.07, 6.45) is 0. The molecule has 0 bridgehead atoms. The van der Waals surface area contributed by atoms with Crippen LogP contribution in [0.3, 0.4) is 0 Å².